The summed E-state index contributed by atoms with van der Waals surface area (Å²) >= 11 is 0. The van der Waals surface area contributed by atoms with Crippen molar-refractivity contribution in [2.75, 3.05) is 38.2 Å². The number of carbonyl (C=O) groups is 1. The summed E-state index contributed by atoms with van der Waals surface area (Å²) in [6.07, 6.45) is 0. The molecule has 0 spiro atoms. The molecule has 2 aromatic carbocycles. The van der Waals surface area contributed by atoms with Crippen molar-refractivity contribution in [3.63, 3.8) is 0 Å². The van der Waals surface area contributed by atoms with Crippen LogP contribution in [0.15, 0.2) is 53.3 Å². The Balaban J connectivity index is 1.57. The van der Waals surface area contributed by atoms with Crippen LogP contribution < -0.4 is 15.2 Å². The van der Waals surface area contributed by atoms with Crippen molar-refractivity contribution in [1.29, 1.82) is 0 Å². The maximum absolute atomic E-state index is 13.2. The van der Waals surface area contributed by atoms with Crippen LogP contribution in [-0.4, -0.2) is 53.9 Å². The number of carbonyl (C=O) groups excluding carboxylic acids is 1. The highest BCUT2D eigenvalue weighted by Crippen LogP contribution is 2.23. The average molecular weight is 392 g/mol. The Labute approximate surface area is 169 Å². The number of aryl methyl sites for hydroxylation is 1. The van der Waals surface area contributed by atoms with E-state index in [1.165, 1.54) is 4.68 Å². The van der Waals surface area contributed by atoms with Crippen LogP contribution in [0.25, 0.3) is 10.8 Å². The van der Waals surface area contributed by atoms with E-state index in [1.54, 1.807) is 19.2 Å². The predicted molar refractivity (Wildman–Crippen MR) is 113 cm³/mol. The first-order valence-corrected chi connectivity index (χ1v) is 9.80. The molecule has 29 heavy (non-hydrogen) atoms. The van der Waals surface area contributed by atoms with Crippen LogP contribution in [0.5, 0.6) is 5.75 Å². The molecule has 1 amide bonds. The van der Waals surface area contributed by atoms with E-state index in [2.05, 4.69) is 10.00 Å². The number of hydrogen-bond donors (Lipinski definition) is 0. The summed E-state index contributed by atoms with van der Waals surface area (Å²) < 4.78 is 6.67. The van der Waals surface area contributed by atoms with Gasteiger partial charge in [-0.05, 0) is 25.1 Å². The highest BCUT2D eigenvalue weighted by Gasteiger charge is 2.26. The second kappa shape index (κ2) is 7.95. The lowest BCUT2D eigenvalue weighted by Crippen LogP contribution is -2.49. The van der Waals surface area contributed by atoms with Crippen LogP contribution in [0.1, 0.15) is 17.4 Å². The monoisotopic (exact) mass is 392 g/mol. The summed E-state index contributed by atoms with van der Waals surface area (Å²) in [5.74, 6) is 0.687. The van der Waals surface area contributed by atoms with Crippen molar-refractivity contribution < 1.29 is 9.53 Å². The van der Waals surface area contributed by atoms with E-state index in [1.807, 2.05) is 48.2 Å². The molecule has 0 bridgehead atoms. The number of ether oxygens (including phenoxy) is 1. The topological polar surface area (TPSA) is 67.7 Å². The number of aromatic nitrogens is 2. The third-order valence-corrected chi connectivity index (χ3v) is 5.36. The SMILES string of the molecule is CCn1nc(C(=O)N2CCN(c3cccc(OC)c3)CC2)c2ccccc2c1=O. The molecular weight excluding hydrogens is 368 g/mol. The van der Waals surface area contributed by atoms with E-state index in [4.69, 9.17) is 4.74 Å². The fourth-order valence-electron chi connectivity index (χ4n) is 3.73. The van der Waals surface area contributed by atoms with Gasteiger partial charge in [-0.3, -0.25) is 9.59 Å². The highest BCUT2D eigenvalue weighted by molar-refractivity contribution is 6.04. The molecule has 2 heterocycles. The fraction of sp³-hybridized carbons (Fsp3) is 0.318. The second-order valence-corrected chi connectivity index (χ2v) is 7.00. The lowest BCUT2D eigenvalue weighted by atomic mass is 10.1. The van der Waals surface area contributed by atoms with Crippen LogP contribution in [0.3, 0.4) is 0 Å². The van der Waals surface area contributed by atoms with Gasteiger partial charge in [0, 0.05) is 49.9 Å². The summed E-state index contributed by atoms with van der Waals surface area (Å²) in [5, 5.41) is 5.52. The third-order valence-electron chi connectivity index (χ3n) is 5.36. The molecule has 0 unspecified atom stereocenters. The largest absolute Gasteiger partial charge is 0.497 e. The Kier molecular flexibility index (Phi) is 5.20. The van der Waals surface area contributed by atoms with Crippen molar-refractivity contribution in [1.82, 2.24) is 14.7 Å². The molecule has 3 aromatic rings. The molecule has 0 radical (unpaired) electrons. The minimum absolute atomic E-state index is 0.131. The van der Waals surface area contributed by atoms with Gasteiger partial charge in [-0.2, -0.15) is 5.10 Å². The fourth-order valence-corrected chi connectivity index (χ4v) is 3.73. The van der Waals surface area contributed by atoms with Gasteiger partial charge in [-0.1, -0.05) is 24.3 Å². The van der Waals surface area contributed by atoms with Crippen LogP contribution in [-0.2, 0) is 6.54 Å². The van der Waals surface area contributed by atoms with Gasteiger partial charge in [-0.15, -0.1) is 0 Å². The van der Waals surface area contributed by atoms with Gasteiger partial charge >= 0.3 is 0 Å². The zero-order valence-corrected chi connectivity index (χ0v) is 16.7. The van der Waals surface area contributed by atoms with Crippen molar-refractivity contribution in [2.45, 2.75) is 13.5 Å². The summed E-state index contributed by atoms with van der Waals surface area (Å²) in [6.45, 7) is 4.92. The minimum atomic E-state index is -0.164. The molecule has 150 valence electrons. The molecule has 0 aliphatic carbocycles. The number of rotatable bonds is 4. The molecule has 0 atom stereocenters. The number of anilines is 1. The number of hydrogen-bond acceptors (Lipinski definition) is 5. The first kappa shape index (κ1) is 19.0. The number of piperazine rings is 1. The highest BCUT2D eigenvalue weighted by atomic mass is 16.5. The maximum Gasteiger partial charge on any atom is 0.275 e. The molecule has 1 aromatic heterocycles. The minimum Gasteiger partial charge on any atom is -0.497 e. The van der Waals surface area contributed by atoms with Crippen LogP contribution in [0.2, 0.25) is 0 Å². The van der Waals surface area contributed by atoms with E-state index in [0.29, 0.717) is 36.1 Å². The van der Waals surface area contributed by atoms with E-state index < -0.39 is 0 Å². The lowest BCUT2D eigenvalue weighted by Gasteiger charge is -2.36. The van der Waals surface area contributed by atoms with Crippen molar-refractivity contribution in [3.8, 4) is 5.75 Å². The van der Waals surface area contributed by atoms with Gasteiger partial charge < -0.3 is 14.5 Å². The summed E-state index contributed by atoms with van der Waals surface area (Å²) in [7, 11) is 1.66. The molecule has 4 rings (SSSR count). The van der Waals surface area contributed by atoms with Crippen molar-refractivity contribution >= 4 is 22.4 Å². The average Bonchev–Trinajstić information content (AvgIpc) is 2.79. The normalized spacial score (nSPS) is 14.3. The van der Waals surface area contributed by atoms with Gasteiger partial charge in [0.2, 0.25) is 0 Å². The zero-order valence-electron chi connectivity index (χ0n) is 16.7. The molecule has 0 N–H and O–H groups in total. The Morgan fingerprint density at radius 2 is 1.76 bits per heavy atom. The van der Waals surface area contributed by atoms with Gasteiger partial charge in [0.05, 0.1) is 12.5 Å². The van der Waals surface area contributed by atoms with E-state index in [9.17, 15) is 9.59 Å². The Morgan fingerprint density at radius 1 is 1.03 bits per heavy atom. The van der Waals surface area contributed by atoms with Gasteiger partial charge in [0.15, 0.2) is 5.69 Å². The second-order valence-electron chi connectivity index (χ2n) is 7.00. The van der Waals surface area contributed by atoms with E-state index in [-0.39, 0.29) is 11.5 Å². The van der Waals surface area contributed by atoms with Gasteiger partial charge in [0.1, 0.15) is 5.75 Å². The summed E-state index contributed by atoms with van der Waals surface area (Å²) in [4.78, 5) is 29.8. The molecule has 1 saturated heterocycles. The molecule has 0 saturated carbocycles. The van der Waals surface area contributed by atoms with E-state index >= 15 is 0 Å². The van der Waals surface area contributed by atoms with E-state index in [0.717, 1.165) is 24.5 Å². The molecule has 7 nitrogen and oxygen atoms in total. The lowest BCUT2D eigenvalue weighted by molar-refractivity contribution is 0.0740. The number of benzene rings is 2. The van der Waals surface area contributed by atoms with Crippen LogP contribution >= 0.6 is 0 Å². The first-order chi connectivity index (χ1) is 14.1. The number of fused-ring (bicyclic) bond motifs is 1. The third kappa shape index (κ3) is 3.55. The number of nitrogens with zero attached hydrogens (tertiary/aromatic N) is 4. The zero-order chi connectivity index (χ0) is 20.4. The van der Waals surface area contributed by atoms with Crippen molar-refractivity contribution in [3.05, 3.63) is 64.6 Å². The summed E-state index contributed by atoms with van der Waals surface area (Å²) in [6, 6.07) is 15.1. The standard InChI is InChI=1S/C22H24N4O3/c1-3-26-21(27)19-10-5-4-9-18(19)20(23-26)22(28)25-13-11-24(12-14-25)16-7-6-8-17(15-16)29-2/h4-10,15H,3,11-14H2,1-2H3. The Bertz CT molecular complexity index is 1100. The van der Waals surface area contributed by atoms with Gasteiger partial charge in [0.25, 0.3) is 11.5 Å². The molecule has 7 heteroatoms. The number of methoxy groups -OCH3 is 1. The molecule has 1 aliphatic rings. The Hall–Kier alpha value is -3.35. The van der Waals surface area contributed by atoms with Crippen molar-refractivity contribution in [2.24, 2.45) is 0 Å². The van der Waals surface area contributed by atoms with Crippen LogP contribution in [0, 0.1) is 0 Å². The van der Waals surface area contributed by atoms with Gasteiger partial charge in [-0.25, -0.2) is 4.68 Å². The predicted octanol–water partition coefficient (Wildman–Crippen LogP) is 2.39. The smallest absolute Gasteiger partial charge is 0.275 e. The maximum atomic E-state index is 13.2. The first-order valence-electron chi connectivity index (χ1n) is 9.80. The Morgan fingerprint density at radius 3 is 2.45 bits per heavy atom. The molecule has 1 aliphatic heterocycles. The molecule has 1 fully saturated rings. The molecular formula is C22H24N4O3. The summed E-state index contributed by atoms with van der Waals surface area (Å²) in [5.41, 5.74) is 1.26. The number of amides is 1. The quantitative estimate of drug-likeness (QED) is 0.682. The van der Waals surface area contributed by atoms with Crippen LogP contribution in [0.4, 0.5) is 5.69 Å².